The summed E-state index contributed by atoms with van der Waals surface area (Å²) in [4.78, 5) is 19.8. The van der Waals surface area contributed by atoms with Crippen LogP contribution in [0.25, 0.3) is 0 Å². The summed E-state index contributed by atoms with van der Waals surface area (Å²) in [6.07, 6.45) is -17.8. The molecule has 3 fully saturated rings. The molecule has 1 saturated carbocycles. The van der Waals surface area contributed by atoms with Crippen LogP contribution in [0.3, 0.4) is 0 Å². The van der Waals surface area contributed by atoms with Crippen molar-refractivity contribution in [1.82, 2.24) is 0 Å². The van der Waals surface area contributed by atoms with Crippen LogP contribution >= 0.6 is 0 Å². The van der Waals surface area contributed by atoms with E-state index >= 15 is 0 Å². The summed E-state index contributed by atoms with van der Waals surface area (Å²) in [7, 11) is 0. The molecule has 26 N–H and O–H groups in total. The van der Waals surface area contributed by atoms with Crippen LogP contribution in [0, 0.1) is 0 Å². The van der Waals surface area contributed by atoms with Crippen molar-refractivity contribution >= 4 is 29.8 Å². The Bertz CT molecular complexity index is 1220. The highest BCUT2D eigenvalue weighted by Crippen LogP contribution is 2.36. The average molecular weight is 694 g/mol. The second-order valence-corrected chi connectivity index (χ2v) is 11.3. The minimum Gasteiger partial charge on any atom is -0.394 e. The fourth-order valence-electron chi connectivity index (χ4n) is 5.62. The monoisotopic (exact) mass is 693 g/mol. The summed E-state index contributed by atoms with van der Waals surface area (Å²) in [5.41, 5.74) is 55.6. The van der Waals surface area contributed by atoms with Crippen molar-refractivity contribution in [2.75, 3.05) is 13.2 Å². The van der Waals surface area contributed by atoms with Gasteiger partial charge < -0.3 is 107 Å². The van der Waals surface area contributed by atoms with Gasteiger partial charge in [-0.1, -0.05) is 0 Å². The highest BCUT2D eigenvalue weighted by Gasteiger charge is 2.54. The van der Waals surface area contributed by atoms with Crippen molar-refractivity contribution < 1.29 is 49.6 Å². The average Bonchev–Trinajstić information content (AvgIpc) is 2.98. The van der Waals surface area contributed by atoms with Gasteiger partial charge in [-0.25, -0.2) is 20.0 Å². The van der Waals surface area contributed by atoms with Gasteiger partial charge in [0, 0.05) is 0 Å². The fraction of sp³-hybridized carbons (Fsp3) is 0.783. The molecule has 48 heavy (non-hydrogen) atoms. The van der Waals surface area contributed by atoms with Crippen LogP contribution in [0.2, 0.25) is 0 Å². The van der Waals surface area contributed by atoms with Gasteiger partial charge >= 0.3 is 0 Å². The maximum absolute atomic E-state index is 11.6. The van der Waals surface area contributed by atoms with Crippen LogP contribution in [0.4, 0.5) is 0 Å². The molecule has 0 unspecified atom stereocenters. The topological polar surface area (TPSA) is 480 Å². The van der Waals surface area contributed by atoms with Gasteiger partial charge in [-0.15, -0.1) is 0 Å². The molecule has 2 aliphatic heterocycles. The molecule has 0 bridgehead atoms. The minimum absolute atomic E-state index is 0.174. The molecule has 2 saturated heterocycles. The van der Waals surface area contributed by atoms with Crippen LogP contribution in [0.5, 0.6) is 0 Å². The largest absolute Gasteiger partial charge is 0.394 e. The molecule has 0 aromatic carbocycles. The van der Waals surface area contributed by atoms with Crippen LogP contribution in [0.15, 0.2) is 25.0 Å². The van der Waals surface area contributed by atoms with Gasteiger partial charge in [0.05, 0.1) is 25.2 Å². The lowest BCUT2D eigenvalue weighted by Gasteiger charge is -2.48. The van der Waals surface area contributed by atoms with Crippen molar-refractivity contribution in [1.29, 1.82) is 0 Å². The van der Waals surface area contributed by atoms with E-state index in [1.165, 1.54) is 0 Å². The summed E-state index contributed by atoms with van der Waals surface area (Å²) in [6, 6.07) is -5.27. The zero-order valence-corrected chi connectivity index (χ0v) is 25.6. The minimum atomic E-state index is -1.80. The third-order valence-corrected chi connectivity index (χ3v) is 7.70. The summed E-state index contributed by atoms with van der Waals surface area (Å²) in [6.45, 7) is -1.11. The van der Waals surface area contributed by atoms with E-state index in [1.54, 1.807) is 0 Å². The molecule has 2 heterocycles. The maximum Gasteiger partial charge on any atom is 0.186 e. The van der Waals surface area contributed by atoms with E-state index in [2.05, 4.69) is 25.0 Å². The van der Waals surface area contributed by atoms with Gasteiger partial charge in [-0.3, -0.25) is 4.99 Å². The summed E-state index contributed by atoms with van der Waals surface area (Å²) in [5.74, 6) is -2.23. The first-order valence-corrected chi connectivity index (χ1v) is 14.5. The Morgan fingerprint density at radius 3 is 1.60 bits per heavy atom. The Kier molecular flexibility index (Phi) is 13.1. The van der Waals surface area contributed by atoms with Gasteiger partial charge in [0.15, 0.2) is 42.4 Å². The van der Waals surface area contributed by atoms with E-state index in [4.69, 9.17) is 76.3 Å². The first kappa shape index (κ1) is 38.4. The Labute approximate surface area is 273 Å². The first-order valence-electron chi connectivity index (χ1n) is 14.5. The molecule has 0 radical (unpaired) electrons. The summed E-state index contributed by atoms with van der Waals surface area (Å²) >= 11 is 0. The molecule has 274 valence electrons. The molecule has 0 amide bonds. The number of aliphatic hydroxyl groups is 6. The number of hydrogen-bond donors (Lipinski definition) is 16. The van der Waals surface area contributed by atoms with Crippen LogP contribution in [0.1, 0.15) is 6.42 Å². The van der Waals surface area contributed by atoms with Crippen molar-refractivity contribution in [2.45, 2.75) is 98.1 Å². The van der Waals surface area contributed by atoms with Gasteiger partial charge in [-0.2, -0.15) is 0 Å². The Hall–Kier alpha value is -4.05. The number of nitrogens with two attached hydrogens (primary N) is 10. The second kappa shape index (κ2) is 16.4. The number of rotatable bonds is 11. The zero-order valence-electron chi connectivity index (χ0n) is 25.6. The lowest BCUT2D eigenvalue weighted by Crippen LogP contribution is -2.65. The Balaban J connectivity index is 2.12. The maximum atomic E-state index is 11.6. The number of guanidine groups is 5. The number of ether oxygens (including phenoxy) is 4. The zero-order chi connectivity index (χ0) is 36.0. The molecule has 3 aliphatic rings. The van der Waals surface area contributed by atoms with Crippen LogP contribution in [-0.4, -0.2) is 165 Å². The van der Waals surface area contributed by atoms with E-state index in [0.717, 1.165) is 0 Å². The quantitative estimate of drug-likeness (QED) is 0.0705. The SMILES string of the molecule is NC(N)=NC[C@H]1O[C@H](O[C@H]2[C@H](O[C@@H]3O[C@H](CO)[C@@H](O)[C@H](N=C(N)N)[C@H]3O)[C@@H](O)[C@H](N=C(N)N)C[C@@H]2N=C(N)N)[C@H](N=C(N)N)[C@@H](O)[C@@H]1O. The Morgan fingerprint density at radius 2 is 1.06 bits per heavy atom. The molecule has 0 aromatic heterocycles. The number of aliphatic hydroxyl groups excluding tert-OH is 6. The molecular formula is C23H47N15O10. The van der Waals surface area contributed by atoms with Crippen molar-refractivity contribution in [3.8, 4) is 0 Å². The summed E-state index contributed by atoms with van der Waals surface area (Å²) < 4.78 is 23.8. The predicted molar refractivity (Wildman–Crippen MR) is 168 cm³/mol. The van der Waals surface area contributed by atoms with E-state index in [-0.39, 0.29) is 18.9 Å². The third-order valence-electron chi connectivity index (χ3n) is 7.70. The standard InChI is InChI=1S/C23H47N15O10/c24-19(25)34-2-6-12(42)13(43)9(38-23(32)33)17(45-6)47-15-5(36-21(28)29)1-4(35-20(26)27)10(40)16(15)48-18-14(44)8(37-22(30)31)11(41)7(3-39)46-18/h4-18,39-44H,1-3H2,(H4,24,25,34)(H4,26,27,35)(H4,28,29,36)(H4,30,31,37)(H4,32,33,38)/t4-,5+,6-,7-,8+,9-,10+,11-,12-,13-,14-,15-,16-,17-,18+/m1/s1. The first-order chi connectivity index (χ1) is 22.4. The summed E-state index contributed by atoms with van der Waals surface area (Å²) in [5, 5.41) is 64.9. The van der Waals surface area contributed by atoms with E-state index < -0.39 is 122 Å². The fourth-order valence-corrected chi connectivity index (χ4v) is 5.62. The predicted octanol–water partition coefficient (Wildman–Crippen LogP) is -10.8. The molecule has 3 rings (SSSR count). The highest BCUT2D eigenvalue weighted by atomic mass is 16.7. The smallest absolute Gasteiger partial charge is 0.186 e. The Morgan fingerprint density at radius 1 is 0.542 bits per heavy atom. The van der Waals surface area contributed by atoms with Gasteiger partial charge in [-0.05, 0) is 6.42 Å². The highest BCUT2D eigenvalue weighted by molar-refractivity contribution is 5.77. The molecule has 0 aromatic rings. The number of aliphatic imine (C=N–C) groups is 5. The van der Waals surface area contributed by atoms with Gasteiger partial charge in [0.25, 0.3) is 0 Å². The molecule has 1 aliphatic carbocycles. The molecule has 25 nitrogen and oxygen atoms in total. The molecular weight excluding hydrogens is 646 g/mol. The lowest BCUT2D eigenvalue weighted by atomic mass is 9.83. The number of nitrogens with zero attached hydrogens (tertiary/aromatic N) is 5. The lowest BCUT2D eigenvalue weighted by molar-refractivity contribution is -0.330. The van der Waals surface area contributed by atoms with Crippen molar-refractivity contribution in [2.24, 2.45) is 82.3 Å². The molecule has 15 atom stereocenters. The van der Waals surface area contributed by atoms with Gasteiger partial charge in [0.2, 0.25) is 0 Å². The van der Waals surface area contributed by atoms with E-state index in [9.17, 15) is 30.6 Å². The van der Waals surface area contributed by atoms with Crippen molar-refractivity contribution in [3.63, 3.8) is 0 Å². The molecule has 0 spiro atoms. The van der Waals surface area contributed by atoms with E-state index in [1.807, 2.05) is 0 Å². The number of hydrogen-bond acceptors (Lipinski definition) is 15. The third kappa shape index (κ3) is 9.30. The second-order valence-electron chi connectivity index (χ2n) is 11.3. The van der Waals surface area contributed by atoms with Crippen molar-refractivity contribution in [3.05, 3.63) is 0 Å². The van der Waals surface area contributed by atoms with Crippen LogP contribution in [-0.2, 0) is 18.9 Å². The normalized spacial score (nSPS) is 39.8. The van der Waals surface area contributed by atoms with Gasteiger partial charge in [0.1, 0.15) is 67.0 Å². The molecule has 25 heteroatoms. The van der Waals surface area contributed by atoms with E-state index in [0.29, 0.717) is 0 Å². The van der Waals surface area contributed by atoms with Crippen LogP contribution < -0.4 is 57.3 Å².